The summed E-state index contributed by atoms with van der Waals surface area (Å²) < 4.78 is 5.23. The van der Waals surface area contributed by atoms with E-state index in [4.69, 9.17) is 4.74 Å². The number of halogens is 1. The second-order valence-electron chi connectivity index (χ2n) is 2.60. The van der Waals surface area contributed by atoms with Crippen LogP contribution in [0, 0.1) is 0 Å². The Morgan fingerprint density at radius 1 is 1.77 bits per heavy atom. The average molecular weight is 207 g/mol. The zero-order valence-corrected chi connectivity index (χ0v) is 8.23. The lowest BCUT2D eigenvalue weighted by atomic mass is 10.3. The lowest BCUT2D eigenvalue weighted by Crippen LogP contribution is -2.47. The van der Waals surface area contributed by atoms with Crippen molar-refractivity contribution in [3.63, 3.8) is 0 Å². The molecule has 1 amide bonds. The SMILES string of the molecule is C=CCNC(=O)[C@H]1CNCCO1.Cl. The number of hydrogen-bond donors (Lipinski definition) is 2. The molecule has 0 spiro atoms. The van der Waals surface area contributed by atoms with Crippen LogP contribution in [0.4, 0.5) is 0 Å². The second-order valence-corrected chi connectivity index (χ2v) is 2.60. The lowest BCUT2D eigenvalue weighted by molar-refractivity contribution is -0.133. The molecule has 1 aliphatic heterocycles. The maximum atomic E-state index is 11.2. The summed E-state index contributed by atoms with van der Waals surface area (Å²) >= 11 is 0. The third-order valence-electron chi connectivity index (χ3n) is 1.64. The van der Waals surface area contributed by atoms with Crippen molar-refractivity contribution in [3.05, 3.63) is 12.7 Å². The molecule has 0 aromatic heterocycles. The number of carbonyl (C=O) groups excluding carboxylic acids is 1. The zero-order valence-electron chi connectivity index (χ0n) is 7.41. The molecule has 1 aliphatic rings. The summed E-state index contributed by atoms with van der Waals surface area (Å²) in [5.74, 6) is -0.0675. The standard InChI is InChI=1S/C8H14N2O2.ClH/c1-2-3-10-8(11)7-6-9-4-5-12-7;/h2,7,9H,1,3-6H2,(H,10,11);1H/t7-;/m1./s1. The molecule has 0 unspecified atom stereocenters. The van der Waals surface area contributed by atoms with E-state index in [0.29, 0.717) is 19.7 Å². The fraction of sp³-hybridized carbons (Fsp3) is 0.625. The van der Waals surface area contributed by atoms with Crippen LogP contribution in [0.15, 0.2) is 12.7 Å². The number of hydrogen-bond acceptors (Lipinski definition) is 3. The van der Waals surface area contributed by atoms with Crippen molar-refractivity contribution in [2.75, 3.05) is 26.2 Å². The van der Waals surface area contributed by atoms with Gasteiger partial charge in [-0.3, -0.25) is 4.79 Å². The van der Waals surface area contributed by atoms with Gasteiger partial charge in [0.1, 0.15) is 6.10 Å². The third kappa shape index (κ3) is 4.26. The minimum Gasteiger partial charge on any atom is -0.366 e. The fourth-order valence-electron chi connectivity index (χ4n) is 1.02. The predicted molar refractivity (Wildman–Crippen MR) is 53.1 cm³/mol. The first-order chi connectivity index (χ1) is 5.84. The van der Waals surface area contributed by atoms with Gasteiger partial charge in [0.25, 0.3) is 5.91 Å². The van der Waals surface area contributed by atoms with Crippen molar-refractivity contribution < 1.29 is 9.53 Å². The summed E-state index contributed by atoms with van der Waals surface area (Å²) in [4.78, 5) is 11.2. The van der Waals surface area contributed by atoms with Crippen molar-refractivity contribution in [2.45, 2.75) is 6.10 Å². The van der Waals surface area contributed by atoms with Crippen LogP contribution in [0.5, 0.6) is 0 Å². The summed E-state index contributed by atoms with van der Waals surface area (Å²) in [5.41, 5.74) is 0. The van der Waals surface area contributed by atoms with Crippen LogP contribution in [-0.4, -0.2) is 38.3 Å². The van der Waals surface area contributed by atoms with Gasteiger partial charge in [-0.25, -0.2) is 0 Å². The Morgan fingerprint density at radius 3 is 3.08 bits per heavy atom. The van der Waals surface area contributed by atoms with Gasteiger partial charge in [0.2, 0.25) is 0 Å². The fourth-order valence-corrected chi connectivity index (χ4v) is 1.02. The molecule has 0 saturated carbocycles. The molecule has 1 atom stereocenters. The molecule has 2 N–H and O–H groups in total. The Morgan fingerprint density at radius 2 is 2.54 bits per heavy atom. The maximum absolute atomic E-state index is 11.2. The van der Waals surface area contributed by atoms with Crippen molar-refractivity contribution in [2.24, 2.45) is 0 Å². The number of carbonyl (C=O) groups is 1. The first-order valence-corrected chi connectivity index (χ1v) is 4.05. The maximum Gasteiger partial charge on any atom is 0.250 e. The molecule has 0 aliphatic carbocycles. The van der Waals surface area contributed by atoms with Gasteiger partial charge in [-0.2, -0.15) is 0 Å². The van der Waals surface area contributed by atoms with E-state index in [9.17, 15) is 4.79 Å². The van der Waals surface area contributed by atoms with Crippen LogP contribution in [0.25, 0.3) is 0 Å². The summed E-state index contributed by atoms with van der Waals surface area (Å²) in [6.07, 6.45) is 1.31. The van der Waals surface area contributed by atoms with E-state index >= 15 is 0 Å². The topological polar surface area (TPSA) is 50.4 Å². The van der Waals surface area contributed by atoms with Crippen molar-refractivity contribution in [1.29, 1.82) is 0 Å². The molecule has 1 saturated heterocycles. The van der Waals surface area contributed by atoms with E-state index in [2.05, 4.69) is 17.2 Å². The summed E-state index contributed by atoms with van der Waals surface area (Å²) in [6, 6.07) is 0. The number of rotatable bonds is 3. The van der Waals surface area contributed by atoms with Crippen molar-refractivity contribution in [1.82, 2.24) is 10.6 Å². The number of nitrogens with one attached hydrogen (secondary N) is 2. The van der Waals surface area contributed by atoms with E-state index in [-0.39, 0.29) is 24.4 Å². The largest absolute Gasteiger partial charge is 0.366 e. The lowest BCUT2D eigenvalue weighted by Gasteiger charge is -2.22. The molecular formula is C8H15ClN2O2. The summed E-state index contributed by atoms with van der Waals surface area (Å²) in [7, 11) is 0. The molecule has 1 heterocycles. The van der Waals surface area contributed by atoms with Gasteiger partial charge in [0, 0.05) is 19.6 Å². The van der Waals surface area contributed by atoms with Crippen molar-refractivity contribution in [3.8, 4) is 0 Å². The quantitative estimate of drug-likeness (QED) is 0.624. The summed E-state index contributed by atoms with van der Waals surface area (Å²) in [5, 5.41) is 5.76. The average Bonchev–Trinajstić information content (AvgIpc) is 2.15. The van der Waals surface area contributed by atoms with E-state index in [1.807, 2.05) is 0 Å². The highest BCUT2D eigenvalue weighted by Gasteiger charge is 2.20. The van der Waals surface area contributed by atoms with Gasteiger partial charge in [-0.05, 0) is 0 Å². The minimum absolute atomic E-state index is 0. The number of morpholine rings is 1. The van der Waals surface area contributed by atoms with E-state index in [1.54, 1.807) is 6.08 Å². The van der Waals surface area contributed by atoms with Crippen LogP contribution in [0.2, 0.25) is 0 Å². The Labute approximate surface area is 84.1 Å². The van der Waals surface area contributed by atoms with E-state index in [1.165, 1.54) is 0 Å². The van der Waals surface area contributed by atoms with Crippen LogP contribution in [-0.2, 0) is 9.53 Å². The Hall–Kier alpha value is -0.580. The van der Waals surface area contributed by atoms with Crippen molar-refractivity contribution >= 4 is 18.3 Å². The summed E-state index contributed by atoms with van der Waals surface area (Å²) in [6.45, 7) is 6.03. The highest BCUT2D eigenvalue weighted by Crippen LogP contribution is 1.94. The minimum atomic E-state index is -0.335. The molecule has 0 aromatic rings. The molecule has 76 valence electrons. The molecule has 1 rings (SSSR count). The third-order valence-corrected chi connectivity index (χ3v) is 1.64. The van der Waals surface area contributed by atoms with Crippen LogP contribution < -0.4 is 10.6 Å². The Balaban J connectivity index is 0.00000144. The zero-order chi connectivity index (χ0) is 8.81. The normalized spacial score (nSPS) is 21.4. The van der Waals surface area contributed by atoms with Gasteiger partial charge >= 0.3 is 0 Å². The molecule has 13 heavy (non-hydrogen) atoms. The Kier molecular flexibility index (Phi) is 6.58. The van der Waals surface area contributed by atoms with Gasteiger partial charge in [0.05, 0.1) is 6.61 Å². The van der Waals surface area contributed by atoms with Crippen LogP contribution in [0.1, 0.15) is 0 Å². The van der Waals surface area contributed by atoms with E-state index in [0.717, 1.165) is 6.54 Å². The molecule has 0 radical (unpaired) electrons. The number of ether oxygens (including phenoxy) is 1. The van der Waals surface area contributed by atoms with Gasteiger partial charge in [-0.15, -0.1) is 19.0 Å². The highest BCUT2D eigenvalue weighted by atomic mass is 35.5. The van der Waals surface area contributed by atoms with Crippen LogP contribution >= 0.6 is 12.4 Å². The van der Waals surface area contributed by atoms with Gasteiger partial charge in [0.15, 0.2) is 0 Å². The molecule has 0 bridgehead atoms. The van der Waals surface area contributed by atoms with E-state index < -0.39 is 0 Å². The van der Waals surface area contributed by atoms with Gasteiger partial charge < -0.3 is 15.4 Å². The molecule has 5 heteroatoms. The predicted octanol–water partition coefficient (Wildman–Crippen LogP) is -0.301. The highest BCUT2D eigenvalue weighted by molar-refractivity contribution is 5.85. The van der Waals surface area contributed by atoms with Gasteiger partial charge in [-0.1, -0.05) is 6.08 Å². The molecular weight excluding hydrogens is 192 g/mol. The first kappa shape index (κ1) is 12.4. The Bertz CT molecular complexity index is 170. The smallest absolute Gasteiger partial charge is 0.250 e. The molecule has 1 fully saturated rings. The first-order valence-electron chi connectivity index (χ1n) is 4.05. The number of amides is 1. The second kappa shape index (κ2) is 6.88. The molecule has 4 nitrogen and oxygen atoms in total. The molecule has 0 aromatic carbocycles. The monoisotopic (exact) mass is 206 g/mol. The van der Waals surface area contributed by atoms with Crippen LogP contribution in [0.3, 0.4) is 0 Å².